The van der Waals surface area contributed by atoms with Gasteiger partial charge >= 0.3 is 6.18 Å². The maximum Gasteiger partial charge on any atom is 0.416 e. The molecule has 0 bridgehead atoms. The summed E-state index contributed by atoms with van der Waals surface area (Å²) in [5, 5.41) is 1.88. The maximum absolute atomic E-state index is 12.3. The fourth-order valence-electron chi connectivity index (χ4n) is 6.13. The molecule has 18 heteroatoms. The van der Waals surface area contributed by atoms with Gasteiger partial charge in [-0.2, -0.15) is 13.2 Å². The lowest BCUT2D eigenvalue weighted by Gasteiger charge is -2.07. The molecule has 0 aliphatic rings. The smallest absolute Gasteiger partial charge is 0.416 e. The molecule has 0 amide bonds. The van der Waals surface area contributed by atoms with Crippen LogP contribution in [0.2, 0.25) is 15.1 Å². The Balaban J connectivity index is 0.000000453. The predicted octanol–water partition coefficient (Wildman–Crippen LogP) is 13.1. The number of hydrogen-bond acceptors (Lipinski definition) is 10. The average Bonchev–Trinajstić information content (AvgIpc) is 3.47. The third-order valence-corrected chi connectivity index (χ3v) is 11.6. The summed E-state index contributed by atoms with van der Waals surface area (Å²) in [6, 6.07) is 52.3. The first-order chi connectivity index (χ1) is 37.7. The van der Waals surface area contributed by atoms with Gasteiger partial charge in [0.2, 0.25) is 0 Å². The van der Waals surface area contributed by atoms with E-state index < -0.39 is 11.7 Å². The van der Waals surface area contributed by atoms with Gasteiger partial charge in [0.05, 0.1) is 29.8 Å². The van der Waals surface area contributed by atoms with Gasteiger partial charge in [-0.15, -0.1) is 0 Å². The van der Waals surface area contributed by atoms with E-state index in [0.29, 0.717) is 61.4 Å². The zero-order chi connectivity index (χ0) is 59.2. The second kappa shape index (κ2) is 40.7. The van der Waals surface area contributed by atoms with Gasteiger partial charge in [0.25, 0.3) is 0 Å². The first-order valence-corrected chi connectivity index (χ1v) is 25.6. The van der Waals surface area contributed by atoms with Gasteiger partial charge < -0.3 is 55.3 Å². The van der Waals surface area contributed by atoms with E-state index in [4.69, 9.17) is 90.1 Å². The predicted molar refractivity (Wildman–Crippen MR) is 317 cm³/mol. The van der Waals surface area contributed by atoms with Crippen molar-refractivity contribution in [2.45, 2.75) is 72.4 Å². The minimum absolute atomic E-state index is 0.129. The van der Waals surface area contributed by atoms with Crippen LogP contribution in [0, 0.1) is 25.5 Å². The third kappa shape index (κ3) is 30.5. The molecule has 0 fully saturated rings. The van der Waals surface area contributed by atoms with E-state index in [1.54, 1.807) is 56.7 Å². The van der Waals surface area contributed by atoms with Crippen LogP contribution < -0.4 is 55.3 Å². The van der Waals surface area contributed by atoms with Crippen molar-refractivity contribution in [2.24, 2.45) is 45.9 Å². The van der Waals surface area contributed by atoms with Gasteiger partial charge in [0.1, 0.15) is 11.6 Å². The summed E-state index contributed by atoms with van der Waals surface area (Å²) in [6.07, 6.45) is -4.27. The molecule has 0 spiro atoms. The van der Waals surface area contributed by atoms with Crippen LogP contribution in [0.15, 0.2) is 182 Å². The van der Waals surface area contributed by atoms with Gasteiger partial charge in [-0.05, 0) is 131 Å². The minimum atomic E-state index is -4.27. The highest BCUT2D eigenvalue weighted by molar-refractivity contribution is 6.42. The average molecular weight is 1150 g/mol. The Morgan fingerprint density at radius 3 is 1.25 bits per heavy atom. The van der Waals surface area contributed by atoms with Crippen molar-refractivity contribution in [3.63, 3.8) is 0 Å². The summed E-state index contributed by atoms with van der Waals surface area (Å²) in [5.74, 6) is 1.01. The van der Waals surface area contributed by atoms with Crippen molar-refractivity contribution in [3.8, 4) is 11.5 Å². The van der Waals surface area contributed by atoms with Gasteiger partial charge in [-0.25, -0.2) is 8.78 Å². The zero-order valence-electron chi connectivity index (χ0n) is 44.9. The van der Waals surface area contributed by atoms with Crippen LogP contribution in [0.3, 0.4) is 0 Å². The molecule has 0 unspecified atom stereocenters. The second-order valence-electron chi connectivity index (χ2n) is 16.6. The second-order valence-corrected chi connectivity index (χ2v) is 17.8. The summed E-state index contributed by atoms with van der Waals surface area (Å²) in [4.78, 5) is 0. The Morgan fingerprint density at radius 2 is 0.823 bits per heavy atom. The van der Waals surface area contributed by atoms with Crippen molar-refractivity contribution < 1.29 is 31.4 Å². The van der Waals surface area contributed by atoms with E-state index in [9.17, 15) is 22.0 Å². The van der Waals surface area contributed by atoms with Crippen molar-refractivity contribution in [1.29, 1.82) is 0 Å². The summed E-state index contributed by atoms with van der Waals surface area (Å²) < 4.78 is 70.8. The van der Waals surface area contributed by atoms with E-state index in [0.717, 1.165) is 56.5 Å². The van der Waals surface area contributed by atoms with Gasteiger partial charge in [0.15, 0.2) is 11.5 Å². The highest BCUT2D eigenvalue weighted by Gasteiger charge is 2.30. The molecule has 0 saturated heterocycles. The molecule has 426 valence electrons. The zero-order valence-corrected chi connectivity index (χ0v) is 47.2. The van der Waals surface area contributed by atoms with Crippen LogP contribution in [0.5, 0.6) is 11.5 Å². The Labute approximate surface area is 477 Å². The molecule has 10 nitrogen and oxygen atoms in total. The Morgan fingerprint density at radius 1 is 0.380 bits per heavy atom. The van der Waals surface area contributed by atoms with Crippen molar-refractivity contribution in [3.05, 3.63) is 270 Å². The van der Waals surface area contributed by atoms with Crippen LogP contribution in [0.1, 0.15) is 61.2 Å². The summed E-state index contributed by atoms with van der Waals surface area (Å²) in [6.45, 7) is 8.02. The monoisotopic (exact) mass is 1150 g/mol. The largest absolute Gasteiger partial charge is 0.493 e. The molecule has 0 heterocycles. The molecular formula is C61H74Cl3F5N8O2. The molecular weight excluding hydrogens is 1080 g/mol. The summed E-state index contributed by atoms with van der Waals surface area (Å²) in [5.41, 5.74) is 52.5. The summed E-state index contributed by atoms with van der Waals surface area (Å²) >= 11 is 17.0. The van der Waals surface area contributed by atoms with Crippen LogP contribution in [0.4, 0.5) is 22.0 Å². The molecule has 0 saturated carbocycles. The Kier molecular flexibility index (Phi) is 36.4. The van der Waals surface area contributed by atoms with E-state index in [1.807, 2.05) is 72.8 Å². The lowest BCUT2D eigenvalue weighted by molar-refractivity contribution is -0.137. The molecule has 0 aliphatic heterocycles. The number of hydrogen-bond donors (Lipinski definition) is 8. The van der Waals surface area contributed by atoms with Gasteiger partial charge in [-0.1, -0.05) is 156 Å². The number of rotatable bonds is 10. The molecule has 0 radical (unpaired) electrons. The number of ether oxygens (including phenoxy) is 2. The Hall–Kier alpha value is -6.44. The number of nitrogens with two attached hydrogens (primary N) is 8. The quantitative estimate of drug-likeness (QED) is 0.0604. The lowest BCUT2D eigenvalue weighted by atomic mass is 10.1. The van der Waals surface area contributed by atoms with E-state index in [-0.39, 0.29) is 18.2 Å². The van der Waals surface area contributed by atoms with Gasteiger partial charge in [0, 0.05) is 57.4 Å². The van der Waals surface area contributed by atoms with E-state index >= 15 is 0 Å². The number of halogens is 8. The third-order valence-electron chi connectivity index (χ3n) is 10.6. The molecule has 0 aromatic heterocycles. The van der Waals surface area contributed by atoms with Crippen molar-refractivity contribution >= 4 is 34.8 Å². The van der Waals surface area contributed by atoms with Crippen LogP contribution in [-0.4, -0.2) is 14.2 Å². The fraction of sp³-hybridized carbons (Fsp3) is 0.213. The normalized spacial score (nSPS) is 9.92. The molecule has 16 N–H and O–H groups in total. The molecule has 0 atom stereocenters. The highest BCUT2D eigenvalue weighted by atomic mass is 35.5. The van der Waals surface area contributed by atoms with Gasteiger partial charge in [-0.3, -0.25) is 0 Å². The van der Waals surface area contributed by atoms with Crippen LogP contribution >= 0.6 is 34.8 Å². The lowest BCUT2D eigenvalue weighted by Crippen LogP contribution is -2.06. The molecule has 8 aromatic rings. The molecule has 79 heavy (non-hydrogen) atoms. The number of methoxy groups -OCH3 is 2. The topological polar surface area (TPSA) is 227 Å². The number of alkyl halides is 3. The Bertz CT molecular complexity index is 2810. The molecule has 8 aromatic carbocycles. The SMILES string of the molecule is COc1ccc(CN)cc1OC.Cc1cccc(CN)c1.Cc1ccccc1CN.NCc1ccc(Cl)c(Cl)c1.NCc1ccc(Cl)cc1.NCc1ccc(F)cc1.NCc1cccc(C(F)(F)F)c1.NCc1cccc(F)c1. The van der Waals surface area contributed by atoms with Crippen LogP contribution in [-0.2, 0) is 58.5 Å². The fourth-order valence-corrected chi connectivity index (χ4v) is 6.58. The minimum Gasteiger partial charge on any atom is -0.493 e. The van der Waals surface area contributed by atoms with Crippen LogP contribution in [0.25, 0.3) is 0 Å². The highest BCUT2D eigenvalue weighted by Crippen LogP contribution is 2.30. The number of benzene rings is 8. The van der Waals surface area contributed by atoms with Crippen molar-refractivity contribution in [2.75, 3.05) is 14.2 Å². The molecule has 0 aliphatic carbocycles. The number of aryl methyl sites for hydroxylation is 2. The first-order valence-electron chi connectivity index (χ1n) is 24.5. The molecule has 8 rings (SSSR count). The van der Waals surface area contributed by atoms with E-state index in [2.05, 4.69) is 38.1 Å². The first kappa shape index (κ1) is 70.6. The van der Waals surface area contributed by atoms with Crippen molar-refractivity contribution in [1.82, 2.24) is 0 Å². The van der Waals surface area contributed by atoms with E-state index in [1.165, 1.54) is 52.6 Å². The summed E-state index contributed by atoms with van der Waals surface area (Å²) in [7, 11) is 3.22. The standard InChI is InChI=1S/C9H13NO2.C8H8F3N.2C8H11N.C7H7Cl2N.C7H8ClN.2C7H8FN/c1-11-8-4-3-7(6-10)5-9(8)12-2;9-8(10,11)7-3-1-2-6(4-7)5-12;1-7-3-2-4-8(5-7)6-9;1-7-4-2-3-5-8(7)6-9;8-6-2-1-5(4-10)3-7(6)9;2*8-7-3-1-6(5-9)2-4-7;8-7-3-1-2-6(4-7)5-9/h3-5H,6,10H2,1-2H3;1-4H,5,12H2;2*2-5H,6,9H2,1H3;1-3H,4,10H2;3*1-4H,5,9H2. The maximum atomic E-state index is 12.3.